The zero-order valence-corrected chi connectivity index (χ0v) is 12.7. The van der Waals surface area contributed by atoms with E-state index in [-0.39, 0.29) is 5.78 Å². The molecule has 0 saturated heterocycles. The van der Waals surface area contributed by atoms with Crippen LogP contribution in [0.15, 0.2) is 77.2 Å². The second-order valence-electron chi connectivity index (χ2n) is 4.17. The van der Waals surface area contributed by atoms with Crippen molar-refractivity contribution in [1.29, 1.82) is 0 Å². The van der Waals surface area contributed by atoms with E-state index in [0.29, 0.717) is 0 Å². The third kappa shape index (κ3) is 5.33. The molecule has 0 aliphatic heterocycles. The van der Waals surface area contributed by atoms with Crippen LogP contribution < -0.4 is 5.32 Å². The van der Waals surface area contributed by atoms with E-state index in [1.54, 1.807) is 30.0 Å². The van der Waals surface area contributed by atoms with Crippen LogP contribution in [-0.2, 0) is 4.79 Å². The van der Waals surface area contributed by atoms with Crippen LogP contribution in [0.3, 0.4) is 0 Å². The Bertz CT molecular complexity index is 570. The van der Waals surface area contributed by atoms with Crippen molar-refractivity contribution in [2.24, 2.45) is 0 Å². The van der Waals surface area contributed by atoms with E-state index in [2.05, 4.69) is 18.5 Å². The van der Waals surface area contributed by atoms with Gasteiger partial charge in [0, 0.05) is 15.5 Å². The molecule has 0 heterocycles. The second kappa shape index (κ2) is 8.23. The molecule has 0 aromatic heterocycles. The van der Waals surface area contributed by atoms with Crippen molar-refractivity contribution >= 4 is 23.2 Å². The molecule has 0 spiro atoms. The topological polar surface area (TPSA) is 29.1 Å². The second-order valence-corrected chi connectivity index (χ2v) is 5.29. The highest BCUT2D eigenvalue weighted by molar-refractivity contribution is 8.03. The van der Waals surface area contributed by atoms with E-state index < -0.39 is 0 Å². The molecule has 0 bridgehead atoms. The molecule has 0 aliphatic carbocycles. The number of carbonyl (C=O) groups excluding carboxylic acids is 1. The molecule has 104 valence electrons. The first-order chi connectivity index (χ1) is 9.56. The minimum absolute atomic E-state index is 0.0264. The van der Waals surface area contributed by atoms with Gasteiger partial charge in [0.25, 0.3) is 0 Å². The quantitative estimate of drug-likeness (QED) is 0.437. The van der Waals surface area contributed by atoms with Gasteiger partial charge in [0.2, 0.25) is 0 Å². The van der Waals surface area contributed by atoms with Gasteiger partial charge in [-0.2, -0.15) is 0 Å². The highest BCUT2D eigenvalue weighted by Crippen LogP contribution is 2.33. The molecule has 0 fully saturated rings. The summed E-state index contributed by atoms with van der Waals surface area (Å²) in [6.07, 6.45) is 7.02. The first kappa shape index (κ1) is 16.1. The van der Waals surface area contributed by atoms with Gasteiger partial charge < -0.3 is 5.32 Å². The van der Waals surface area contributed by atoms with Crippen LogP contribution >= 0.6 is 11.8 Å². The third-order valence-electron chi connectivity index (χ3n) is 2.35. The lowest BCUT2D eigenvalue weighted by molar-refractivity contribution is -0.112. The van der Waals surface area contributed by atoms with Gasteiger partial charge >= 0.3 is 0 Å². The molecule has 1 rings (SSSR count). The van der Waals surface area contributed by atoms with Crippen LogP contribution in [0.4, 0.5) is 5.69 Å². The number of carbonyl (C=O) groups is 1. The Hall–Kier alpha value is -2.00. The molecule has 1 aromatic rings. The predicted molar refractivity (Wildman–Crippen MR) is 88.8 cm³/mol. The lowest BCUT2D eigenvalue weighted by Crippen LogP contribution is -1.99. The van der Waals surface area contributed by atoms with Crippen molar-refractivity contribution in [3.05, 3.63) is 72.3 Å². The van der Waals surface area contributed by atoms with E-state index >= 15 is 0 Å². The smallest absolute Gasteiger partial charge is 0.154 e. The molecular formula is C17H19NOS. The molecule has 0 saturated carbocycles. The maximum Gasteiger partial charge on any atom is 0.154 e. The molecule has 1 N–H and O–H groups in total. The minimum atomic E-state index is 0.0264. The zero-order valence-electron chi connectivity index (χ0n) is 11.8. The van der Waals surface area contributed by atoms with Gasteiger partial charge in [-0.25, -0.2) is 0 Å². The average Bonchev–Trinajstić information content (AvgIpc) is 2.39. The Kier molecular flexibility index (Phi) is 6.60. The van der Waals surface area contributed by atoms with E-state index in [1.165, 1.54) is 6.92 Å². The summed E-state index contributed by atoms with van der Waals surface area (Å²) in [6, 6.07) is 7.94. The number of allylic oxidation sites excluding steroid dienone is 5. The number of ketones is 1. The fourth-order valence-corrected chi connectivity index (χ4v) is 2.48. The number of rotatable bonds is 7. The molecule has 3 heteroatoms. The van der Waals surface area contributed by atoms with Crippen molar-refractivity contribution in [2.45, 2.75) is 18.7 Å². The number of thioether (sulfide) groups is 1. The Morgan fingerprint density at radius 1 is 1.25 bits per heavy atom. The maximum atomic E-state index is 11.1. The first-order valence-corrected chi connectivity index (χ1v) is 7.06. The van der Waals surface area contributed by atoms with Gasteiger partial charge in [-0.05, 0) is 38.1 Å². The maximum absolute atomic E-state index is 11.1. The van der Waals surface area contributed by atoms with Crippen LogP contribution in [0.1, 0.15) is 13.8 Å². The fraction of sp³-hybridized carbons (Fsp3) is 0.118. The number of hydrogen-bond donors (Lipinski definition) is 1. The standard InChI is InChI=1S/C17H19NOS/c1-5-9-15(6-2)20-17-11-8-7-10-16(17)18-13(3)12-14(4)19/h5-12,18H,1-2H2,3-4H3/b13-12-,15-9+. The van der Waals surface area contributed by atoms with E-state index in [0.717, 1.165) is 21.2 Å². The van der Waals surface area contributed by atoms with E-state index in [1.807, 2.05) is 37.3 Å². The summed E-state index contributed by atoms with van der Waals surface area (Å²) in [5.41, 5.74) is 1.78. The van der Waals surface area contributed by atoms with Crippen LogP contribution in [0.25, 0.3) is 0 Å². The van der Waals surface area contributed by atoms with Gasteiger partial charge in [0.1, 0.15) is 0 Å². The number of nitrogens with one attached hydrogen (secondary N) is 1. The van der Waals surface area contributed by atoms with Gasteiger partial charge in [0.15, 0.2) is 5.78 Å². The number of anilines is 1. The molecule has 0 unspecified atom stereocenters. The molecular weight excluding hydrogens is 266 g/mol. The summed E-state index contributed by atoms with van der Waals surface area (Å²) >= 11 is 1.60. The lowest BCUT2D eigenvalue weighted by Gasteiger charge is -2.12. The highest BCUT2D eigenvalue weighted by atomic mass is 32.2. The van der Waals surface area contributed by atoms with E-state index in [9.17, 15) is 4.79 Å². The number of para-hydroxylation sites is 1. The average molecular weight is 285 g/mol. The Balaban J connectivity index is 2.99. The Morgan fingerprint density at radius 2 is 1.95 bits per heavy atom. The molecule has 0 radical (unpaired) electrons. The summed E-state index contributed by atoms with van der Waals surface area (Å²) in [7, 11) is 0. The van der Waals surface area contributed by atoms with Crippen LogP contribution in [-0.4, -0.2) is 5.78 Å². The molecule has 2 nitrogen and oxygen atoms in total. The predicted octanol–water partition coefficient (Wildman–Crippen LogP) is 4.94. The monoisotopic (exact) mass is 285 g/mol. The molecule has 0 aliphatic rings. The lowest BCUT2D eigenvalue weighted by atomic mass is 10.3. The van der Waals surface area contributed by atoms with Gasteiger partial charge in [0.05, 0.1) is 5.69 Å². The molecule has 1 aromatic carbocycles. The summed E-state index contributed by atoms with van der Waals surface area (Å²) in [6.45, 7) is 10.9. The minimum Gasteiger partial charge on any atom is -0.358 e. The number of hydrogen-bond acceptors (Lipinski definition) is 3. The van der Waals surface area contributed by atoms with Crippen LogP contribution in [0.2, 0.25) is 0 Å². The number of benzene rings is 1. The zero-order chi connectivity index (χ0) is 15.0. The third-order valence-corrected chi connectivity index (χ3v) is 3.46. The first-order valence-electron chi connectivity index (χ1n) is 6.24. The van der Waals surface area contributed by atoms with Gasteiger partial charge in [-0.1, -0.05) is 49.2 Å². The highest BCUT2D eigenvalue weighted by Gasteiger charge is 2.04. The molecule has 0 amide bonds. The molecule has 0 atom stereocenters. The normalized spacial score (nSPS) is 11.9. The van der Waals surface area contributed by atoms with Crippen molar-refractivity contribution < 1.29 is 4.79 Å². The SMILES string of the molecule is C=C/C=C(\C=C)Sc1ccccc1N/C(C)=C\C(C)=O. The summed E-state index contributed by atoms with van der Waals surface area (Å²) in [5, 5.41) is 3.25. The summed E-state index contributed by atoms with van der Waals surface area (Å²) < 4.78 is 0. The van der Waals surface area contributed by atoms with E-state index in [4.69, 9.17) is 0 Å². The largest absolute Gasteiger partial charge is 0.358 e. The van der Waals surface area contributed by atoms with Gasteiger partial charge in [-0.15, -0.1) is 0 Å². The van der Waals surface area contributed by atoms with Crippen LogP contribution in [0, 0.1) is 0 Å². The van der Waals surface area contributed by atoms with Gasteiger partial charge in [-0.3, -0.25) is 4.79 Å². The Morgan fingerprint density at radius 3 is 2.55 bits per heavy atom. The fourth-order valence-electron chi connectivity index (χ4n) is 1.60. The Labute approximate surface area is 125 Å². The molecule has 20 heavy (non-hydrogen) atoms. The summed E-state index contributed by atoms with van der Waals surface area (Å²) in [5.74, 6) is 0.0264. The van der Waals surface area contributed by atoms with Crippen LogP contribution in [0.5, 0.6) is 0 Å². The van der Waals surface area contributed by atoms with Crippen molar-refractivity contribution in [1.82, 2.24) is 0 Å². The van der Waals surface area contributed by atoms with Crippen molar-refractivity contribution in [3.63, 3.8) is 0 Å². The summed E-state index contributed by atoms with van der Waals surface area (Å²) in [4.78, 5) is 13.2. The van der Waals surface area contributed by atoms with Crippen molar-refractivity contribution in [2.75, 3.05) is 5.32 Å². The van der Waals surface area contributed by atoms with Crippen molar-refractivity contribution in [3.8, 4) is 0 Å².